The van der Waals surface area contributed by atoms with Gasteiger partial charge in [-0.1, -0.05) is 0 Å². The first kappa shape index (κ1) is 11.9. The Kier molecular flexibility index (Phi) is 5.03. The number of aryl methyl sites for hydroxylation is 1. The van der Waals surface area contributed by atoms with Gasteiger partial charge in [0.15, 0.2) is 0 Å². The molecule has 0 fully saturated rings. The molecule has 1 aromatic heterocycles. The van der Waals surface area contributed by atoms with Gasteiger partial charge in [0.1, 0.15) is 5.82 Å². The first-order valence-electron chi connectivity index (χ1n) is 4.66. The molecule has 2 N–H and O–H groups in total. The van der Waals surface area contributed by atoms with E-state index in [-0.39, 0.29) is 5.97 Å². The molecule has 0 amide bonds. The van der Waals surface area contributed by atoms with Crippen LogP contribution in [0.5, 0.6) is 0 Å². The van der Waals surface area contributed by atoms with Gasteiger partial charge in [-0.15, -0.1) is 0 Å². The molecule has 84 valence electrons. The molecule has 1 aromatic rings. The summed E-state index contributed by atoms with van der Waals surface area (Å²) < 4.78 is 6.32. The quantitative estimate of drug-likeness (QED) is 0.576. The number of nitrogens with two attached hydrogens (primary N) is 1. The second-order valence-corrected chi connectivity index (χ2v) is 4.09. The van der Waals surface area contributed by atoms with E-state index in [0.717, 1.165) is 18.7 Å². The number of thioether (sulfide) groups is 1. The van der Waals surface area contributed by atoms with Crippen LogP contribution in [-0.2, 0) is 16.1 Å². The summed E-state index contributed by atoms with van der Waals surface area (Å²) in [4.78, 5) is 10.8. The minimum Gasteiger partial charge on any atom is -0.468 e. The number of carbonyl (C=O) groups is 1. The van der Waals surface area contributed by atoms with E-state index in [1.807, 2.05) is 6.20 Å². The molecule has 0 saturated heterocycles. The highest BCUT2D eigenvalue weighted by Gasteiger charge is 2.00. The van der Waals surface area contributed by atoms with Gasteiger partial charge in [0.05, 0.1) is 12.9 Å². The van der Waals surface area contributed by atoms with Crippen LogP contribution in [0.1, 0.15) is 6.42 Å². The number of hydrogen-bond donors (Lipinski definition) is 1. The van der Waals surface area contributed by atoms with E-state index in [0.29, 0.717) is 11.6 Å². The fraction of sp³-hybridized carbons (Fsp3) is 0.556. The third-order valence-electron chi connectivity index (χ3n) is 1.78. The van der Waals surface area contributed by atoms with Gasteiger partial charge in [-0.3, -0.25) is 9.48 Å². The number of methoxy groups -OCH3 is 1. The molecule has 0 aromatic carbocycles. The lowest BCUT2D eigenvalue weighted by molar-refractivity contribution is -0.137. The van der Waals surface area contributed by atoms with Crippen molar-refractivity contribution in [3.05, 3.63) is 12.3 Å². The SMILES string of the molecule is COC(=O)CSCCCn1ccc(N)n1. The molecule has 1 heterocycles. The maximum absolute atomic E-state index is 10.8. The number of ether oxygens (including phenoxy) is 1. The zero-order chi connectivity index (χ0) is 11.1. The zero-order valence-electron chi connectivity index (χ0n) is 8.68. The van der Waals surface area contributed by atoms with Crippen LogP contribution in [0.3, 0.4) is 0 Å². The van der Waals surface area contributed by atoms with Crippen LogP contribution in [0.25, 0.3) is 0 Å². The Hall–Kier alpha value is -1.17. The van der Waals surface area contributed by atoms with Gasteiger partial charge in [-0.05, 0) is 18.2 Å². The van der Waals surface area contributed by atoms with Crippen LogP contribution in [0, 0.1) is 0 Å². The number of aromatic nitrogens is 2. The fourth-order valence-electron chi connectivity index (χ4n) is 1.04. The van der Waals surface area contributed by atoms with E-state index in [2.05, 4.69) is 9.84 Å². The van der Waals surface area contributed by atoms with Crippen LogP contribution < -0.4 is 5.73 Å². The van der Waals surface area contributed by atoms with E-state index in [1.165, 1.54) is 7.11 Å². The molecule has 5 nitrogen and oxygen atoms in total. The number of hydrogen-bond acceptors (Lipinski definition) is 5. The average Bonchev–Trinajstić information content (AvgIpc) is 2.63. The van der Waals surface area contributed by atoms with Crippen LogP contribution in [0.15, 0.2) is 12.3 Å². The molecule has 0 radical (unpaired) electrons. The Morgan fingerprint density at radius 2 is 2.53 bits per heavy atom. The van der Waals surface area contributed by atoms with Crippen molar-refractivity contribution >= 4 is 23.5 Å². The Bertz CT molecular complexity index is 314. The van der Waals surface area contributed by atoms with Gasteiger partial charge >= 0.3 is 5.97 Å². The lowest BCUT2D eigenvalue weighted by Gasteiger charge is -2.01. The standard InChI is InChI=1S/C9H15N3O2S/c1-14-9(13)7-15-6-2-4-12-5-3-8(10)11-12/h3,5H,2,4,6-7H2,1H3,(H2,10,11). The number of esters is 1. The van der Waals surface area contributed by atoms with E-state index < -0.39 is 0 Å². The topological polar surface area (TPSA) is 70.1 Å². The fourth-order valence-corrected chi connectivity index (χ4v) is 1.81. The molecule has 0 aliphatic carbocycles. The van der Waals surface area contributed by atoms with Gasteiger partial charge in [0.25, 0.3) is 0 Å². The monoisotopic (exact) mass is 229 g/mol. The van der Waals surface area contributed by atoms with Crippen LogP contribution in [0.2, 0.25) is 0 Å². The highest BCUT2D eigenvalue weighted by molar-refractivity contribution is 7.99. The molecule has 1 rings (SSSR count). The van der Waals surface area contributed by atoms with Crippen LogP contribution in [-0.4, -0.2) is 34.4 Å². The molecule has 15 heavy (non-hydrogen) atoms. The van der Waals surface area contributed by atoms with E-state index in [9.17, 15) is 4.79 Å². The largest absolute Gasteiger partial charge is 0.468 e. The van der Waals surface area contributed by atoms with Crippen molar-refractivity contribution in [3.63, 3.8) is 0 Å². The molecule has 0 aliphatic heterocycles. The number of anilines is 1. The van der Waals surface area contributed by atoms with E-state index in [4.69, 9.17) is 5.73 Å². The van der Waals surface area contributed by atoms with Crippen molar-refractivity contribution in [2.24, 2.45) is 0 Å². The summed E-state index contributed by atoms with van der Waals surface area (Å²) in [5, 5.41) is 4.05. The van der Waals surface area contributed by atoms with Gasteiger partial charge in [0, 0.05) is 12.7 Å². The second-order valence-electron chi connectivity index (χ2n) is 2.99. The van der Waals surface area contributed by atoms with Gasteiger partial charge < -0.3 is 10.5 Å². The van der Waals surface area contributed by atoms with Crippen molar-refractivity contribution in [2.75, 3.05) is 24.3 Å². The normalized spacial score (nSPS) is 10.2. The number of rotatable bonds is 6. The summed E-state index contributed by atoms with van der Waals surface area (Å²) in [6.07, 6.45) is 2.81. The Balaban J connectivity index is 2.05. The summed E-state index contributed by atoms with van der Waals surface area (Å²) in [5.41, 5.74) is 5.47. The molecule has 0 atom stereocenters. The van der Waals surface area contributed by atoms with Gasteiger partial charge in [-0.2, -0.15) is 16.9 Å². The second kappa shape index (κ2) is 6.34. The molecule has 0 saturated carbocycles. The van der Waals surface area contributed by atoms with Crippen molar-refractivity contribution < 1.29 is 9.53 Å². The minimum absolute atomic E-state index is 0.177. The smallest absolute Gasteiger partial charge is 0.315 e. The van der Waals surface area contributed by atoms with Crippen molar-refractivity contribution in [2.45, 2.75) is 13.0 Å². The summed E-state index contributed by atoms with van der Waals surface area (Å²) in [6.45, 7) is 0.825. The first-order valence-corrected chi connectivity index (χ1v) is 5.81. The summed E-state index contributed by atoms with van der Waals surface area (Å²) in [6, 6.07) is 1.77. The lowest BCUT2D eigenvalue weighted by Crippen LogP contribution is -2.05. The number of carbonyl (C=O) groups excluding carboxylic acids is 1. The highest BCUT2D eigenvalue weighted by atomic mass is 32.2. The summed E-state index contributed by atoms with van der Waals surface area (Å²) >= 11 is 1.57. The number of nitrogen functional groups attached to an aromatic ring is 1. The molecule has 0 bridgehead atoms. The molecular formula is C9H15N3O2S. The Labute approximate surface area is 93.0 Å². The molecule has 6 heteroatoms. The summed E-state index contributed by atoms with van der Waals surface area (Å²) in [5.74, 6) is 1.69. The van der Waals surface area contributed by atoms with Crippen LogP contribution in [0.4, 0.5) is 5.82 Å². The predicted molar refractivity (Wildman–Crippen MR) is 60.6 cm³/mol. The van der Waals surface area contributed by atoms with E-state index in [1.54, 1.807) is 22.5 Å². The Morgan fingerprint density at radius 1 is 1.73 bits per heavy atom. The zero-order valence-corrected chi connectivity index (χ0v) is 9.50. The molecule has 0 unspecified atom stereocenters. The molecular weight excluding hydrogens is 214 g/mol. The van der Waals surface area contributed by atoms with E-state index >= 15 is 0 Å². The maximum atomic E-state index is 10.8. The van der Waals surface area contributed by atoms with Gasteiger partial charge in [-0.25, -0.2) is 0 Å². The maximum Gasteiger partial charge on any atom is 0.315 e. The first-order chi connectivity index (χ1) is 7.22. The van der Waals surface area contributed by atoms with Crippen molar-refractivity contribution in [3.8, 4) is 0 Å². The minimum atomic E-state index is -0.177. The van der Waals surface area contributed by atoms with Crippen molar-refractivity contribution in [1.82, 2.24) is 9.78 Å². The van der Waals surface area contributed by atoms with Gasteiger partial charge in [0.2, 0.25) is 0 Å². The summed E-state index contributed by atoms with van der Waals surface area (Å²) in [7, 11) is 1.40. The molecule has 0 spiro atoms. The number of nitrogens with zero attached hydrogens (tertiary/aromatic N) is 2. The molecule has 0 aliphatic rings. The van der Waals surface area contributed by atoms with Crippen molar-refractivity contribution in [1.29, 1.82) is 0 Å². The average molecular weight is 229 g/mol. The predicted octanol–water partition coefficient (Wildman–Crippen LogP) is 0.762. The third kappa shape index (κ3) is 4.73. The Morgan fingerprint density at radius 3 is 3.13 bits per heavy atom. The van der Waals surface area contributed by atoms with Crippen LogP contribution >= 0.6 is 11.8 Å². The highest BCUT2D eigenvalue weighted by Crippen LogP contribution is 2.05. The third-order valence-corrected chi connectivity index (χ3v) is 2.80. The lowest BCUT2D eigenvalue weighted by atomic mass is 10.5.